The Labute approximate surface area is 236 Å². The lowest BCUT2D eigenvalue weighted by Gasteiger charge is -2.10. The molecule has 0 spiro atoms. The molecule has 2 rings (SSSR count). The van der Waals surface area contributed by atoms with Gasteiger partial charge in [-0.25, -0.2) is 0 Å². The van der Waals surface area contributed by atoms with Gasteiger partial charge in [0.1, 0.15) is 11.5 Å². The van der Waals surface area contributed by atoms with Crippen molar-refractivity contribution in [2.45, 2.75) is 65.1 Å². The maximum atomic E-state index is 11.8. The van der Waals surface area contributed by atoms with Crippen molar-refractivity contribution in [1.82, 2.24) is 5.32 Å². The monoisotopic (exact) mass is 582 g/mol. The van der Waals surface area contributed by atoms with Crippen molar-refractivity contribution in [2.24, 2.45) is 0 Å². The van der Waals surface area contributed by atoms with Crippen LogP contribution in [-0.2, 0) is 48.4 Å². The number of nitrogens with one attached hydrogen (secondary N) is 2. The molecule has 0 unspecified atom stereocenters. The topological polar surface area (TPSA) is 164 Å². The van der Waals surface area contributed by atoms with E-state index in [2.05, 4.69) is 14.2 Å². The molecule has 12 heteroatoms. The molecule has 2 aromatic rings. The number of benzene rings is 2. The SMILES string of the molecule is CCC(=O)OS(=O)(=O)Nc1cccc(COCCOCCCCCCCNCCc2ccc(O)c(CO)c2O)c1. The van der Waals surface area contributed by atoms with Gasteiger partial charge in [0.15, 0.2) is 0 Å². The minimum Gasteiger partial charge on any atom is -0.507 e. The van der Waals surface area contributed by atoms with Crippen molar-refractivity contribution in [3.05, 3.63) is 53.1 Å². The average Bonchev–Trinajstić information content (AvgIpc) is 2.91. The minimum absolute atomic E-state index is 0.0372. The molecular formula is C28H42N2O9S. The van der Waals surface area contributed by atoms with Gasteiger partial charge in [0.25, 0.3) is 0 Å². The van der Waals surface area contributed by atoms with Crippen LogP contribution in [0.3, 0.4) is 0 Å². The quantitative estimate of drug-likeness (QED) is 0.138. The Bertz CT molecular complexity index is 1140. The third-order valence-corrected chi connectivity index (χ3v) is 6.91. The minimum atomic E-state index is -4.21. The van der Waals surface area contributed by atoms with Gasteiger partial charge < -0.3 is 34.3 Å². The van der Waals surface area contributed by atoms with Gasteiger partial charge in [0.2, 0.25) is 0 Å². The molecule has 0 aliphatic carbocycles. The van der Waals surface area contributed by atoms with Crippen molar-refractivity contribution < 1.29 is 42.2 Å². The van der Waals surface area contributed by atoms with Gasteiger partial charge in [-0.05, 0) is 61.7 Å². The molecule has 0 amide bonds. The second-order valence-corrected chi connectivity index (χ2v) is 10.5. The number of carbonyl (C=O) groups excluding carboxylic acids is 1. The number of rotatable bonds is 21. The highest BCUT2D eigenvalue weighted by Gasteiger charge is 2.16. The lowest BCUT2D eigenvalue weighted by molar-refractivity contribution is -0.133. The van der Waals surface area contributed by atoms with E-state index in [9.17, 15) is 28.5 Å². The van der Waals surface area contributed by atoms with E-state index < -0.39 is 22.9 Å². The highest BCUT2D eigenvalue weighted by molar-refractivity contribution is 7.88. The first-order chi connectivity index (χ1) is 19.3. The number of unbranched alkanes of at least 4 members (excludes halogenated alkanes) is 4. The second kappa shape index (κ2) is 18.4. The van der Waals surface area contributed by atoms with E-state index in [4.69, 9.17) is 9.47 Å². The van der Waals surface area contributed by atoms with Gasteiger partial charge >= 0.3 is 16.3 Å². The number of anilines is 1. The molecule has 0 saturated heterocycles. The van der Waals surface area contributed by atoms with Crippen LogP contribution in [0.2, 0.25) is 0 Å². The van der Waals surface area contributed by atoms with Crippen LogP contribution in [0.25, 0.3) is 0 Å². The summed E-state index contributed by atoms with van der Waals surface area (Å²) in [5.41, 5.74) is 1.92. The van der Waals surface area contributed by atoms with Gasteiger partial charge in [0, 0.05) is 13.0 Å². The molecule has 0 bridgehead atoms. The maximum absolute atomic E-state index is 11.8. The molecule has 0 aliphatic heterocycles. The van der Waals surface area contributed by atoms with Crippen LogP contribution in [0.4, 0.5) is 5.69 Å². The third kappa shape index (κ3) is 13.0. The van der Waals surface area contributed by atoms with Crippen LogP contribution in [0.5, 0.6) is 11.5 Å². The highest BCUT2D eigenvalue weighted by atomic mass is 32.2. The van der Waals surface area contributed by atoms with Crippen molar-refractivity contribution >= 4 is 22.0 Å². The standard InChI is InChI=1S/C28H42N2O9S/c1-2-27(33)39-40(35,36)30-24-10-8-9-22(19-24)21-38-18-17-37-16-7-5-3-4-6-14-29-15-13-23-11-12-26(32)25(20-31)28(23)34/h8-12,19,29-32,34H,2-7,13-18,20-21H2,1H3. The normalized spacial score (nSPS) is 11.4. The maximum Gasteiger partial charge on any atom is 0.409 e. The second-order valence-electron chi connectivity index (χ2n) is 9.23. The molecule has 0 atom stereocenters. The van der Waals surface area contributed by atoms with Crippen LogP contribution in [0.15, 0.2) is 36.4 Å². The lowest BCUT2D eigenvalue weighted by Crippen LogP contribution is -2.19. The van der Waals surface area contributed by atoms with Gasteiger partial charge in [-0.2, -0.15) is 8.42 Å². The summed E-state index contributed by atoms with van der Waals surface area (Å²) in [7, 11) is -4.21. The highest BCUT2D eigenvalue weighted by Crippen LogP contribution is 2.30. The number of phenols is 2. The van der Waals surface area contributed by atoms with Crippen LogP contribution < -0.4 is 10.0 Å². The Kier molecular flexibility index (Phi) is 15.4. The number of aromatic hydroxyl groups is 2. The molecule has 40 heavy (non-hydrogen) atoms. The van der Waals surface area contributed by atoms with Gasteiger partial charge in [-0.3, -0.25) is 9.52 Å². The molecule has 224 valence electrons. The molecule has 0 aromatic heterocycles. The predicted octanol–water partition coefficient (Wildman–Crippen LogP) is 3.52. The summed E-state index contributed by atoms with van der Waals surface area (Å²) in [4.78, 5) is 11.2. The van der Waals surface area contributed by atoms with Crippen LogP contribution in [-0.4, -0.2) is 62.6 Å². The van der Waals surface area contributed by atoms with Crippen molar-refractivity contribution in [1.29, 1.82) is 0 Å². The Balaban J connectivity index is 1.44. The molecular weight excluding hydrogens is 540 g/mol. The summed E-state index contributed by atoms with van der Waals surface area (Å²) in [6, 6.07) is 9.82. The molecule has 11 nitrogen and oxygen atoms in total. The Hall–Kier alpha value is -2.90. The smallest absolute Gasteiger partial charge is 0.409 e. The van der Waals surface area contributed by atoms with Gasteiger partial charge in [0.05, 0.1) is 37.7 Å². The summed E-state index contributed by atoms with van der Waals surface area (Å²) < 4.78 is 41.5. The first-order valence-electron chi connectivity index (χ1n) is 13.6. The molecule has 0 radical (unpaired) electrons. The van der Waals surface area contributed by atoms with Crippen LogP contribution in [0.1, 0.15) is 62.1 Å². The largest absolute Gasteiger partial charge is 0.507 e. The van der Waals surface area contributed by atoms with E-state index in [0.29, 0.717) is 45.0 Å². The van der Waals surface area contributed by atoms with Crippen LogP contribution in [0, 0.1) is 0 Å². The van der Waals surface area contributed by atoms with E-state index in [-0.39, 0.29) is 29.2 Å². The van der Waals surface area contributed by atoms with E-state index >= 15 is 0 Å². The number of aliphatic hydroxyl groups excluding tert-OH is 1. The van der Waals surface area contributed by atoms with Crippen molar-refractivity contribution in [3.63, 3.8) is 0 Å². The van der Waals surface area contributed by atoms with E-state index in [1.54, 1.807) is 30.3 Å². The number of hydrogen-bond acceptors (Lipinski definition) is 10. The molecule has 2 aromatic carbocycles. The number of aliphatic hydroxyl groups is 1. The molecule has 0 aliphatic rings. The fourth-order valence-corrected chi connectivity index (χ4v) is 4.67. The number of ether oxygens (including phenoxy) is 2. The summed E-state index contributed by atoms with van der Waals surface area (Å²) in [5, 5.41) is 32.3. The molecule has 5 N–H and O–H groups in total. The molecule has 0 fully saturated rings. The Morgan fingerprint density at radius 1 is 0.925 bits per heavy atom. The Morgan fingerprint density at radius 3 is 2.45 bits per heavy atom. The molecule has 0 heterocycles. The number of hydrogen-bond donors (Lipinski definition) is 5. The van der Waals surface area contributed by atoms with Crippen molar-refractivity contribution in [3.8, 4) is 11.5 Å². The van der Waals surface area contributed by atoms with E-state index in [1.807, 2.05) is 0 Å². The van der Waals surface area contributed by atoms with Gasteiger partial charge in [-0.15, -0.1) is 0 Å². The first kappa shape index (κ1) is 33.3. The zero-order valence-corrected chi connectivity index (χ0v) is 23.9. The average molecular weight is 583 g/mol. The third-order valence-electron chi connectivity index (χ3n) is 6.01. The zero-order valence-electron chi connectivity index (χ0n) is 23.1. The van der Waals surface area contributed by atoms with E-state index in [1.165, 1.54) is 13.0 Å². The summed E-state index contributed by atoms with van der Waals surface area (Å²) in [6.07, 6.45) is 5.94. The zero-order chi connectivity index (χ0) is 29.2. The summed E-state index contributed by atoms with van der Waals surface area (Å²) >= 11 is 0. The van der Waals surface area contributed by atoms with E-state index in [0.717, 1.165) is 44.2 Å². The van der Waals surface area contributed by atoms with Crippen molar-refractivity contribution in [2.75, 3.05) is 37.6 Å². The fraction of sp³-hybridized carbons (Fsp3) is 0.536. The summed E-state index contributed by atoms with van der Waals surface area (Å²) in [5.74, 6) is -0.967. The number of carbonyl (C=O) groups is 1. The Morgan fingerprint density at radius 2 is 1.68 bits per heavy atom. The van der Waals surface area contributed by atoms with Gasteiger partial charge in [-0.1, -0.05) is 44.4 Å². The predicted molar refractivity (Wildman–Crippen MR) is 151 cm³/mol. The first-order valence-corrected chi connectivity index (χ1v) is 15.0. The fourth-order valence-electron chi connectivity index (χ4n) is 3.85. The van der Waals surface area contributed by atoms with Crippen LogP contribution >= 0.6 is 0 Å². The molecule has 0 saturated carbocycles. The lowest BCUT2D eigenvalue weighted by atomic mass is 10.1. The summed E-state index contributed by atoms with van der Waals surface area (Å²) in [6.45, 7) is 4.56.